The Morgan fingerprint density at radius 2 is 2.21 bits per heavy atom. The van der Waals surface area contributed by atoms with E-state index in [0.29, 0.717) is 6.42 Å². The van der Waals surface area contributed by atoms with Gasteiger partial charge in [0.15, 0.2) is 6.10 Å². The number of alkyl halides is 3. The molecular weight excluding hydrogens is 259 g/mol. The summed E-state index contributed by atoms with van der Waals surface area (Å²) in [5.41, 5.74) is 2.20. The van der Waals surface area contributed by atoms with Crippen LogP contribution in [-0.4, -0.2) is 36.6 Å². The largest absolute Gasteiger partial charge is 0.488 e. The summed E-state index contributed by atoms with van der Waals surface area (Å²) in [5, 5.41) is 11.4. The Morgan fingerprint density at radius 1 is 1.47 bits per heavy atom. The Morgan fingerprint density at radius 3 is 2.89 bits per heavy atom. The van der Waals surface area contributed by atoms with Gasteiger partial charge in [-0.05, 0) is 18.6 Å². The Bertz CT molecular complexity index is 448. The number of aliphatic hydroxyl groups excluding tert-OH is 1. The molecule has 6 heteroatoms. The van der Waals surface area contributed by atoms with Crippen molar-refractivity contribution in [1.82, 2.24) is 5.32 Å². The van der Waals surface area contributed by atoms with Crippen LogP contribution < -0.4 is 10.1 Å². The predicted octanol–water partition coefficient (Wildman–Crippen LogP) is 1.81. The summed E-state index contributed by atoms with van der Waals surface area (Å²) in [6.45, 7) is 1.74. The normalized spacial score (nSPS) is 19.9. The van der Waals surface area contributed by atoms with E-state index in [1.165, 1.54) is 0 Å². The Balaban J connectivity index is 1.78. The molecule has 1 aromatic carbocycles. The first-order valence-corrected chi connectivity index (χ1v) is 6.08. The van der Waals surface area contributed by atoms with E-state index in [4.69, 9.17) is 9.84 Å². The summed E-state index contributed by atoms with van der Waals surface area (Å²) in [6, 6.07) is 5.82. The number of halogens is 3. The van der Waals surface area contributed by atoms with Gasteiger partial charge in [0.25, 0.3) is 0 Å². The molecule has 1 aliphatic heterocycles. The standard InChI is InChI=1S/C13H16F3NO2/c1-8-2-3-11-9(4-8)5-10(19-11)6-17-7-12(18)13(14,15)16/h2-4,10,12,17-18H,5-7H2,1H3. The van der Waals surface area contributed by atoms with E-state index >= 15 is 0 Å². The highest BCUT2D eigenvalue weighted by atomic mass is 19.4. The number of benzene rings is 1. The van der Waals surface area contributed by atoms with Gasteiger partial charge in [-0.2, -0.15) is 13.2 Å². The fraction of sp³-hybridized carbons (Fsp3) is 0.538. The molecule has 2 rings (SSSR count). The van der Waals surface area contributed by atoms with Crippen LogP contribution in [0.5, 0.6) is 5.75 Å². The molecule has 0 bridgehead atoms. The number of nitrogens with one attached hydrogen (secondary N) is 1. The van der Waals surface area contributed by atoms with E-state index in [0.717, 1.165) is 16.9 Å². The zero-order valence-corrected chi connectivity index (χ0v) is 10.5. The maximum Gasteiger partial charge on any atom is 0.415 e. The average Bonchev–Trinajstić information content (AvgIpc) is 2.69. The van der Waals surface area contributed by atoms with Gasteiger partial charge in [0.1, 0.15) is 11.9 Å². The molecule has 1 heterocycles. The topological polar surface area (TPSA) is 41.5 Å². The minimum absolute atomic E-state index is 0.183. The van der Waals surface area contributed by atoms with Crippen LogP contribution in [0.2, 0.25) is 0 Å². The molecule has 1 aliphatic rings. The Kier molecular flexibility index (Phi) is 4.01. The van der Waals surface area contributed by atoms with Gasteiger partial charge in [0.2, 0.25) is 0 Å². The number of aryl methyl sites for hydroxylation is 1. The molecule has 0 spiro atoms. The van der Waals surface area contributed by atoms with Crippen LogP contribution in [0.15, 0.2) is 18.2 Å². The number of aliphatic hydroxyl groups is 1. The molecule has 0 fully saturated rings. The van der Waals surface area contributed by atoms with Gasteiger partial charge in [-0.3, -0.25) is 0 Å². The van der Waals surface area contributed by atoms with Gasteiger partial charge in [-0.1, -0.05) is 17.7 Å². The fourth-order valence-corrected chi connectivity index (χ4v) is 2.06. The van der Waals surface area contributed by atoms with Crippen molar-refractivity contribution >= 4 is 0 Å². The van der Waals surface area contributed by atoms with Gasteiger partial charge in [0.05, 0.1) is 0 Å². The molecule has 3 nitrogen and oxygen atoms in total. The Labute approximate surface area is 109 Å². The molecule has 19 heavy (non-hydrogen) atoms. The number of hydrogen-bond donors (Lipinski definition) is 2. The minimum atomic E-state index is -4.58. The van der Waals surface area contributed by atoms with Crippen LogP contribution in [0.4, 0.5) is 13.2 Å². The van der Waals surface area contributed by atoms with Gasteiger partial charge < -0.3 is 15.2 Å². The fourth-order valence-electron chi connectivity index (χ4n) is 2.06. The SMILES string of the molecule is Cc1ccc2c(c1)CC(CNCC(O)C(F)(F)F)O2. The zero-order chi connectivity index (χ0) is 14.0. The highest BCUT2D eigenvalue weighted by molar-refractivity contribution is 5.40. The highest BCUT2D eigenvalue weighted by Gasteiger charge is 2.37. The summed E-state index contributed by atoms with van der Waals surface area (Å²) in [7, 11) is 0. The van der Waals surface area contributed by atoms with E-state index < -0.39 is 18.8 Å². The van der Waals surface area contributed by atoms with Gasteiger partial charge in [0, 0.05) is 19.5 Å². The molecule has 2 N–H and O–H groups in total. The molecule has 106 valence electrons. The number of hydrogen-bond acceptors (Lipinski definition) is 3. The maximum atomic E-state index is 12.1. The third-order valence-electron chi connectivity index (χ3n) is 3.04. The highest BCUT2D eigenvalue weighted by Crippen LogP contribution is 2.29. The second-order valence-electron chi connectivity index (χ2n) is 4.77. The lowest BCUT2D eigenvalue weighted by molar-refractivity contribution is -0.201. The molecule has 2 unspecified atom stereocenters. The van der Waals surface area contributed by atoms with Crippen molar-refractivity contribution in [3.63, 3.8) is 0 Å². The van der Waals surface area contributed by atoms with Crippen LogP contribution in [0.1, 0.15) is 11.1 Å². The van der Waals surface area contributed by atoms with E-state index in [-0.39, 0.29) is 12.6 Å². The van der Waals surface area contributed by atoms with Crippen molar-refractivity contribution in [3.05, 3.63) is 29.3 Å². The van der Waals surface area contributed by atoms with Gasteiger partial charge in [-0.15, -0.1) is 0 Å². The predicted molar refractivity (Wildman–Crippen MR) is 64.2 cm³/mol. The summed E-state index contributed by atoms with van der Waals surface area (Å²) in [6.07, 6.45) is -6.42. The van der Waals surface area contributed by atoms with Crippen molar-refractivity contribution < 1.29 is 23.0 Å². The number of rotatable bonds is 4. The number of ether oxygens (including phenoxy) is 1. The zero-order valence-electron chi connectivity index (χ0n) is 10.5. The van der Waals surface area contributed by atoms with E-state index in [2.05, 4.69) is 5.32 Å². The molecule has 0 saturated heterocycles. The minimum Gasteiger partial charge on any atom is -0.488 e. The van der Waals surface area contributed by atoms with Crippen LogP contribution >= 0.6 is 0 Å². The summed E-state index contributed by atoms with van der Waals surface area (Å²) in [5.74, 6) is 0.786. The lowest BCUT2D eigenvalue weighted by atomic mass is 10.1. The third kappa shape index (κ3) is 3.61. The second kappa shape index (κ2) is 5.38. The van der Waals surface area contributed by atoms with Crippen molar-refractivity contribution in [2.45, 2.75) is 31.7 Å². The van der Waals surface area contributed by atoms with E-state index in [1.54, 1.807) is 0 Å². The van der Waals surface area contributed by atoms with Crippen molar-refractivity contribution in [2.75, 3.05) is 13.1 Å². The van der Waals surface area contributed by atoms with Crippen molar-refractivity contribution in [2.24, 2.45) is 0 Å². The van der Waals surface area contributed by atoms with Crippen molar-refractivity contribution in [3.8, 4) is 5.75 Å². The van der Waals surface area contributed by atoms with E-state index in [1.807, 2.05) is 25.1 Å². The van der Waals surface area contributed by atoms with Gasteiger partial charge >= 0.3 is 6.18 Å². The smallest absolute Gasteiger partial charge is 0.415 e. The maximum absolute atomic E-state index is 12.1. The first kappa shape index (κ1) is 14.1. The summed E-state index contributed by atoms with van der Waals surface area (Å²) < 4.78 is 41.9. The number of fused-ring (bicyclic) bond motifs is 1. The quantitative estimate of drug-likeness (QED) is 0.880. The molecule has 1 aromatic rings. The summed E-state index contributed by atoms with van der Waals surface area (Å²) >= 11 is 0. The monoisotopic (exact) mass is 275 g/mol. The first-order chi connectivity index (χ1) is 8.86. The molecule has 2 atom stereocenters. The second-order valence-corrected chi connectivity index (χ2v) is 4.77. The molecule has 0 radical (unpaired) electrons. The van der Waals surface area contributed by atoms with Crippen LogP contribution in [-0.2, 0) is 6.42 Å². The lowest BCUT2D eigenvalue weighted by Gasteiger charge is -2.17. The van der Waals surface area contributed by atoms with Crippen LogP contribution in [0, 0.1) is 6.92 Å². The Hall–Kier alpha value is -1.27. The molecule has 0 aromatic heterocycles. The molecular formula is C13H16F3NO2. The van der Waals surface area contributed by atoms with Crippen LogP contribution in [0.25, 0.3) is 0 Å². The van der Waals surface area contributed by atoms with E-state index in [9.17, 15) is 13.2 Å². The third-order valence-corrected chi connectivity index (χ3v) is 3.04. The summed E-state index contributed by atoms with van der Waals surface area (Å²) in [4.78, 5) is 0. The van der Waals surface area contributed by atoms with Crippen molar-refractivity contribution in [1.29, 1.82) is 0 Å². The molecule has 0 aliphatic carbocycles. The lowest BCUT2D eigenvalue weighted by Crippen LogP contribution is -2.41. The molecule has 0 saturated carbocycles. The average molecular weight is 275 g/mol. The van der Waals surface area contributed by atoms with Gasteiger partial charge in [-0.25, -0.2) is 0 Å². The molecule has 0 amide bonds. The first-order valence-electron chi connectivity index (χ1n) is 6.08. The van der Waals surface area contributed by atoms with Crippen LogP contribution in [0.3, 0.4) is 0 Å².